The summed E-state index contributed by atoms with van der Waals surface area (Å²) in [5.74, 6) is -0.262. The Labute approximate surface area is 238 Å². The molecule has 0 bridgehead atoms. The number of rotatable bonds is 5. The predicted molar refractivity (Wildman–Crippen MR) is 153 cm³/mol. The summed E-state index contributed by atoms with van der Waals surface area (Å²) in [6.45, 7) is 4.15. The van der Waals surface area contributed by atoms with E-state index in [4.69, 9.17) is 23.2 Å². The molecule has 1 aliphatic carbocycles. The van der Waals surface area contributed by atoms with E-state index in [1.165, 1.54) is 12.1 Å². The minimum atomic E-state index is -4.72. The van der Waals surface area contributed by atoms with Gasteiger partial charge in [0.1, 0.15) is 12.1 Å². The van der Waals surface area contributed by atoms with Crippen LogP contribution in [0.25, 0.3) is 22.6 Å². The quantitative estimate of drug-likeness (QED) is 0.214. The first kappa shape index (κ1) is 28.3. The largest absolute Gasteiger partial charge is 0.573 e. The number of alkyl halides is 3. The van der Waals surface area contributed by atoms with Gasteiger partial charge in [-0.2, -0.15) is 0 Å². The maximum Gasteiger partial charge on any atom is 0.573 e. The molecule has 0 saturated heterocycles. The maximum absolute atomic E-state index is 12.4. The van der Waals surface area contributed by atoms with Crippen LogP contribution in [0.5, 0.6) is 5.75 Å². The Morgan fingerprint density at radius 2 is 1.72 bits per heavy atom. The van der Waals surface area contributed by atoms with E-state index in [1.54, 1.807) is 36.7 Å². The van der Waals surface area contributed by atoms with Crippen LogP contribution in [0.1, 0.15) is 16.8 Å². The number of halogens is 5. The van der Waals surface area contributed by atoms with Gasteiger partial charge in [-0.15, -0.1) is 13.2 Å². The van der Waals surface area contributed by atoms with Crippen LogP contribution in [0.4, 0.5) is 18.9 Å². The fourth-order valence-electron chi connectivity index (χ4n) is 4.17. The average Bonchev–Trinajstić information content (AvgIpc) is 3.29. The highest BCUT2D eigenvalue weighted by atomic mass is 35.5. The van der Waals surface area contributed by atoms with E-state index in [1.807, 2.05) is 16.7 Å². The number of nitrogens with one attached hydrogen (secondary N) is 1. The van der Waals surface area contributed by atoms with Crippen molar-refractivity contribution in [2.75, 3.05) is 5.32 Å². The molecule has 6 nitrogen and oxygen atoms in total. The lowest BCUT2D eigenvalue weighted by Crippen LogP contribution is -2.18. The second-order valence-electron chi connectivity index (χ2n) is 8.45. The predicted octanol–water partition coefficient (Wildman–Crippen LogP) is 7.11. The number of benzene rings is 3. The van der Waals surface area contributed by atoms with Crippen LogP contribution in [0.15, 0.2) is 73.6 Å². The van der Waals surface area contributed by atoms with E-state index in [-0.39, 0.29) is 10.9 Å². The number of aromatic nitrogens is 2. The van der Waals surface area contributed by atoms with E-state index in [9.17, 15) is 13.2 Å². The van der Waals surface area contributed by atoms with Gasteiger partial charge in [0.05, 0.1) is 22.1 Å². The van der Waals surface area contributed by atoms with Crippen LogP contribution < -0.4 is 21.5 Å². The molecule has 5 rings (SSSR count). The van der Waals surface area contributed by atoms with Gasteiger partial charge in [-0.25, -0.2) is 4.98 Å². The Kier molecular flexibility index (Phi) is 8.39. The highest BCUT2D eigenvalue weighted by molar-refractivity contribution is 7.80. The molecule has 0 saturated carbocycles. The molecule has 3 aromatic carbocycles. The van der Waals surface area contributed by atoms with Crippen LogP contribution in [0, 0.1) is 0 Å². The summed E-state index contributed by atoms with van der Waals surface area (Å²) < 4.78 is 43.2. The van der Waals surface area contributed by atoms with Crippen molar-refractivity contribution in [1.82, 2.24) is 9.55 Å². The molecule has 0 spiro atoms. The number of thiocarbonyl (C=S) groups is 1. The zero-order valence-corrected chi connectivity index (χ0v) is 22.6. The Balaban J connectivity index is 0.000000826. The Morgan fingerprint density at radius 3 is 2.36 bits per heavy atom. The highest BCUT2D eigenvalue weighted by Crippen LogP contribution is 2.36. The number of fused-ring (bicyclic) bond motifs is 3. The van der Waals surface area contributed by atoms with Crippen LogP contribution in [0.2, 0.25) is 10.0 Å². The fourth-order valence-corrected chi connectivity index (χ4v) is 4.62. The maximum atomic E-state index is 12.4. The SMILES string of the molecule is C=C(Nc1ccc(Cl)cc1Cl)c1ccc2c(c1)CCc1c-2ncn1-c1ccc(OC(F)(F)F)cc1.NC(N)=S. The monoisotopic (exact) mass is 591 g/mol. The molecule has 0 fully saturated rings. The minimum Gasteiger partial charge on any atom is -0.406 e. The van der Waals surface area contributed by atoms with Crippen molar-refractivity contribution in [3.8, 4) is 22.7 Å². The topological polar surface area (TPSA) is 91.1 Å². The summed E-state index contributed by atoms with van der Waals surface area (Å²) in [6.07, 6.45) is -1.52. The first-order valence-electron chi connectivity index (χ1n) is 11.4. The molecule has 0 amide bonds. The number of aryl methyl sites for hydroxylation is 1. The number of ether oxygens (including phenoxy) is 1. The number of nitrogens with two attached hydrogens (primary N) is 2. The smallest absolute Gasteiger partial charge is 0.406 e. The van der Waals surface area contributed by atoms with Gasteiger partial charge < -0.3 is 26.1 Å². The number of imidazole rings is 1. The van der Waals surface area contributed by atoms with Crippen molar-refractivity contribution in [1.29, 1.82) is 0 Å². The highest BCUT2D eigenvalue weighted by Gasteiger charge is 2.31. The van der Waals surface area contributed by atoms with E-state index in [2.05, 4.69) is 51.4 Å². The van der Waals surface area contributed by atoms with Crippen LogP contribution in [0.3, 0.4) is 0 Å². The van der Waals surface area contributed by atoms with Crippen LogP contribution >= 0.6 is 35.4 Å². The summed E-state index contributed by atoms with van der Waals surface area (Å²) >= 11 is 16.3. The fraction of sp³-hybridized carbons (Fsp3) is 0.111. The van der Waals surface area contributed by atoms with Gasteiger partial charge in [0.2, 0.25) is 0 Å². The number of nitrogens with zero attached hydrogens (tertiary/aromatic N) is 2. The minimum absolute atomic E-state index is 0.000000000000000222. The molecular formula is C27H22Cl2F3N5OS. The van der Waals surface area contributed by atoms with E-state index in [0.717, 1.165) is 40.9 Å². The molecule has 0 atom stereocenters. The molecule has 0 unspecified atom stereocenters. The van der Waals surface area contributed by atoms with E-state index >= 15 is 0 Å². The third-order valence-corrected chi connectivity index (χ3v) is 6.32. The second-order valence-corrected chi connectivity index (χ2v) is 9.77. The van der Waals surface area contributed by atoms with Gasteiger partial charge in [0.25, 0.3) is 0 Å². The zero-order valence-electron chi connectivity index (χ0n) is 20.2. The van der Waals surface area contributed by atoms with E-state index < -0.39 is 6.36 Å². The number of hydrogen-bond donors (Lipinski definition) is 3. The van der Waals surface area contributed by atoms with Crippen molar-refractivity contribution in [2.24, 2.45) is 11.5 Å². The van der Waals surface area contributed by atoms with Crippen LogP contribution in [-0.2, 0) is 12.8 Å². The molecule has 1 aliphatic rings. The normalized spacial score (nSPS) is 11.9. The van der Waals surface area contributed by atoms with Crippen molar-refractivity contribution >= 4 is 51.9 Å². The van der Waals surface area contributed by atoms with Gasteiger partial charge in [0.15, 0.2) is 5.11 Å². The Hall–Kier alpha value is -3.73. The molecule has 4 aromatic rings. The van der Waals surface area contributed by atoms with Gasteiger partial charge in [-0.3, -0.25) is 0 Å². The molecule has 1 aromatic heterocycles. The molecule has 12 heteroatoms. The molecule has 1 heterocycles. The molecule has 39 heavy (non-hydrogen) atoms. The Morgan fingerprint density at radius 1 is 1.03 bits per heavy atom. The van der Waals surface area contributed by atoms with E-state index in [0.29, 0.717) is 27.1 Å². The molecule has 5 N–H and O–H groups in total. The summed E-state index contributed by atoms with van der Waals surface area (Å²) in [5, 5.41) is 4.30. The lowest BCUT2D eigenvalue weighted by Gasteiger charge is -2.20. The summed E-state index contributed by atoms with van der Waals surface area (Å²) in [6, 6.07) is 17.0. The third kappa shape index (κ3) is 7.03. The molecule has 202 valence electrons. The number of hydrogen-bond acceptors (Lipinski definition) is 4. The summed E-state index contributed by atoms with van der Waals surface area (Å²) in [5.41, 5.74) is 16.3. The van der Waals surface area contributed by atoms with Crippen molar-refractivity contribution in [3.05, 3.63) is 100 Å². The van der Waals surface area contributed by atoms with Gasteiger partial charge in [-0.05, 0) is 84.7 Å². The Bertz CT molecular complexity index is 1530. The number of anilines is 1. The van der Waals surface area contributed by atoms with Gasteiger partial charge >= 0.3 is 6.36 Å². The molecule has 0 radical (unpaired) electrons. The summed E-state index contributed by atoms with van der Waals surface area (Å²) in [7, 11) is 0. The van der Waals surface area contributed by atoms with Crippen molar-refractivity contribution in [3.63, 3.8) is 0 Å². The first-order valence-corrected chi connectivity index (χ1v) is 12.6. The molecular weight excluding hydrogens is 570 g/mol. The summed E-state index contributed by atoms with van der Waals surface area (Å²) in [4.78, 5) is 4.60. The van der Waals surface area contributed by atoms with Crippen molar-refractivity contribution < 1.29 is 17.9 Å². The van der Waals surface area contributed by atoms with Crippen LogP contribution in [-0.4, -0.2) is 21.0 Å². The zero-order chi connectivity index (χ0) is 28.3. The second kappa shape index (κ2) is 11.6. The van der Waals surface area contributed by atoms with Gasteiger partial charge in [0, 0.05) is 22.0 Å². The lowest BCUT2D eigenvalue weighted by molar-refractivity contribution is -0.274. The average molecular weight is 592 g/mol. The standard InChI is InChI=1S/C26H18Cl2F3N3O.CH4N2S/c1-15(33-23-10-4-18(27)13-22(23)28)16-2-9-21-17(12-16)3-11-24-25(21)32-14-34(24)19-5-7-20(8-6-19)35-26(29,30)31;2-1(3)4/h2,4-10,12-14,33H,1,3,11H2;(H4,2,3,4). The lowest BCUT2D eigenvalue weighted by atomic mass is 9.90. The third-order valence-electron chi connectivity index (χ3n) is 5.77. The first-order chi connectivity index (χ1) is 18.4. The molecule has 0 aliphatic heterocycles. The van der Waals surface area contributed by atoms with Gasteiger partial charge in [-0.1, -0.05) is 41.9 Å². The van der Waals surface area contributed by atoms with Crippen molar-refractivity contribution in [2.45, 2.75) is 19.2 Å².